The highest BCUT2D eigenvalue weighted by molar-refractivity contribution is 5.81. The number of ether oxygens (including phenoxy) is 1. The number of carbonyl (C=O) groups excluding carboxylic acids is 2. The number of carboxylic acids is 1. The molecule has 8 heteroatoms. The zero-order valence-electron chi connectivity index (χ0n) is 19.4. The number of alkyl carbamates (subject to hydrolysis) is 1. The number of benzene rings is 2. The lowest BCUT2D eigenvalue weighted by Gasteiger charge is -2.31. The summed E-state index contributed by atoms with van der Waals surface area (Å²) in [6, 6.07) is 15.9. The SMILES string of the molecule is O=C(N[C@H]1CCCC[C@H]1C(=O)NOC(C(=O)O)C1CC1)OCC1c2ccccc2-c2ccccc21. The van der Waals surface area contributed by atoms with Gasteiger partial charge in [-0.05, 0) is 53.9 Å². The van der Waals surface area contributed by atoms with Crippen molar-refractivity contribution in [3.63, 3.8) is 0 Å². The van der Waals surface area contributed by atoms with E-state index >= 15 is 0 Å². The van der Waals surface area contributed by atoms with Crippen LogP contribution in [0.5, 0.6) is 0 Å². The van der Waals surface area contributed by atoms with Crippen molar-refractivity contribution >= 4 is 18.0 Å². The number of hydroxylamine groups is 1. The van der Waals surface area contributed by atoms with Gasteiger partial charge in [-0.3, -0.25) is 9.63 Å². The van der Waals surface area contributed by atoms with E-state index < -0.39 is 36.0 Å². The first kappa shape index (κ1) is 23.4. The number of aliphatic carboxylic acids is 1. The summed E-state index contributed by atoms with van der Waals surface area (Å²) >= 11 is 0. The fraction of sp³-hybridized carbons (Fsp3) is 0.444. The van der Waals surface area contributed by atoms with Crippen LogP contribution in [0.1, 0.15) is 55.6 Å². The summed E-state index contributed by atoms with van der Waals surface area (Å²) in [6.45, 7) is 0.203. The van der Waals surface area contributed by atoms with E-state index in [-0.39, 0.29) is 18.4 Å². The molecule has 3 N–H and O–H groups in total. The Morgan fingerprint density at radius 1 is 0.914 bits per heavy atom. The third-order valence-electron chi connectivity index (χ3n) is 7.33. The van der Waals surface area contributed by atoms with E-state index in [2.05, 4.69) is 35.1 Å². The molecule has 0 aliphatic heterocycles. The third-order valence-corrected chi connectivity index (χ3v) is 7.33. The number of carboxylic acid groups (broad SMARTS) is 1. The maximum absolute atomic E-state index is 12.8. The van der Waals surface area contributed by atoms with Crippen LogP contribution in [-0.4, -0.2) is 41.8 Å². The van der Waals surface area contributed by atoms with Gasteiger partial charge in [0.15, 0.2) is 6.10 Å². The Labute approximate surface area is 204 Å². The monoisotopic (exact) mass is 478 g/mol. The highest BCUT2D eigenvalue weighted by atomic mass is 16.7. The van der Waals surface area contributed by atoms with Crippen molar-refractivity contribution < 1.29 is 29.1 Å². The number of nitrogens with one attached hydrogen (secondary N) is 2. The third kappa shape index (κ3) is 5.03. The summed E-state index contributed by atoms with van der Waals surface area (Å²) in [6.07, 6.45) is 2.95. The van der Waals surface area contributed by atoms with Crippen molar-refractivity contribution in [2.45, 2.75) is 56.6 Å². The van der Waals surface area contributed by atoms with Crippen LogP contribution in [0.4, 0.5) is 4.79 Å². The molecule has 2 saturated carbocycles. The van der Waals surface area contributed by atoms with Crippen molar-refractivity contribution in [3.05, 3.63) is 59.7 Å². The van der Waals surface area contributed by atoms with Crippen LogP contribution < -0.4 is 10.8 Å². The quantitative estimate of drug-likeness (QED) is 0.494. The van der Waals surface area contributed by atoms with E-state index in [0.717, 1.165) is 47.9 Å². The normalized spacial score (nSPS) is 21.9. The molecule has 3 aliphatic carbocycles. The van der Waals surface area contributed by atoms with E-state index in [1.165, 1.54) is 0 Å². The van der Waals surface area contributed by atoms with Crippen LogP contribution >= 0.6 is 0 Å². The van der Waals surface area contributed by atoms with E-state index in [4.69, 9.17) is 9.57 Å². The van der Waals surface area contributed by atoms with Crippen LogP contribution in [0.25, 0.3) is 11.1 Å². The number of rotatable bonds is 8. The zero-order chi connectivity index (χ0) is 24.4. The van der Waals surface area contributed by atoms with Gasteiger partial charge < -0.3 is 15.2 Å². The van der Waals surface area contributed by atoms with Crippen LogP contribution in [-0.2, 0) is 19.2 Å². The molecule has 1 unspecified atom stereocenters. The Morgan fingerprint density at radius 2 is 1.54 bits per heavy atom. The van der Waals surface area contributed by atoms with Crippen molar-refractivity contribution in [1.29, 1.82) is 0 Å². The number of amides is 2. The molecule has 0 spiro atoms. The van der Waals surface area contributed by atoms with Gasteiger partial charge in [0.1, 0.15) is 6.61 Å². The van der Waals surface area contributed by atoms with Gasteiger partial charge in [-0.15, -0.1) is 0 Å². The molecule has 0 radical (unpaired) electrons. The second kappa shape index (κ2) is 10.1. The van der Waals surface area contributed by atoms with Gasteiger partial charge in [0.05, 0.1) is 5.92 Å². The van der Waals surface area contributed by atoms with Gasteiger partial charge in [0.25, 0.3) is 0 Å². The fourth-order valence-electron chi connectivity index (χ4n) is 5.35. The number of hydrogen-bond acceptors (Lipinski definition) is 5. The Morgan fingerprint density at radius 3 is 2.17 bits per heavy atom. The largest absolute Gasteiger partial charge is 0.479 e. The molecule has 0 saturated heterocycles. The molecule has 2 aromatic rings. The Balaban J connectivity index is 1.18. The molecule has 2 amide bonds. The second-order valence-electron chi connectivity index (χ2n) is 9.65. The Kier molecular flexibility index (Phi) is 6.72. The molecule has 5 rings (SSSR count). The van der Waals surface area contributed by atoms with Gasteiger partial charge >= 0.3 is 12.1 Å². The topological polar surface area (TPSA) is 114 Å². The standard InChI is InChI=1S/C27H30N2O6/c30-25(29-35-24(26(31)32)16-13-14-16)21-11-5-6-12-23(21)28-27(33)34-15-22-19-9-3-1-7-17(19)18-8-2-4-10-20(18)22/h1-4,7-10,16,21-24H,5-6,11-15H2,(H,28,33)(H,29,30)(H,31,32)/t21-,23+,24?/m1/s1. The Hall–Kier alpha value is -3.39. The fourth-order valence-corrected chi connectivity index (χ4v) is 5.35. The molecule has 184 valence electrons. The molecule has 0 aromatic heterocycles. The van der Waals surface area contributed by atoms with Crippen LogP contribution in [0.2, 0.25) is 0 Å². The molecule has 0 heterocycles. The zero-order valence-corrected chi connectivity index (χ0v) is 19.4. The predicted octanol–water partition coefficient (Wildman–Crippen LogP) is 3.99. The number of fused-ring (bicyclic) bond motifs is 3. The van der Waals surface area contributed by atoms with Gasteiger partial charge in [0, 0.05) is 12.0 Å². The molecule has 2 fully saturated rings. The van der Waals surface area contributed by atoms with E-state index in [1.807, 2.05) is 24.3 Å². The molecule has 3 aliphatic rings. The summed E-state index contributed by atoms with van der Waals surface area (Å²) in [5, 5.41) is 12.2. The predicted molar refractivity (Wildman–Crippen MR) is 127 cm³/mol. The lowest BCUT2D eigenvalue weighted by atomic mass is 9.84. The minimum absolute atomic E-state index is 0.0395. The van der Waals surface area contributed by atoms with Crippen LogP contribution in [0, 0.1) is 11.8 Å². The maximum atomic E-state index is 12.8. The van der Waals surface area contributed by atoms with Gasteiger partial charge in [0.2, 0.25) is 5.91 Å². The Bertz CT molecular complexity index is 1070. The second-order valence-corrected chi connectivity index (χ2v) is 9.65. The minimum Gasteiger partial charge on any atom is -0.479 e. The number of hydrogen-bond donors (Lipinski definition) is 3. The first-order chi connectivity index (χ1) is 17.0. The van der Waals surface area contributed by atoms with Crippen LogP contribution in [0.3, 0.4) is 0 Å². The lowest BCUT2D eigenvalue weighted by Crippen LogP contribution is -2.49. The molecule has 8 nitrogen and oxygen atoms in total. The highest BCUT2D eigenvalue weighted by Gasteiger charge is 2.39. The molecule has 35 heavy (non-hydrogen) atoms. The average molecular weight is 479 g/mol. The van der Waals surface area contributed by atoms with E-state index in [9.17, 15) is 19.5 Å². The molecular formula is C27H30N2O6. The van der Waals surface area contributed by atoms with Crippen molar-refractivity contribution in [2.75, 3.05) is 6.61 Å². The highest BCUT2D eigenvalue weighted by Crippen LogP contribution is 2.44. The summed E-state index contributed by atoms with van der Waals surface area (Å²) in [7, 11) is 0. The van der Waals surface area contributed by atoms with Crippen molar-refractivity contribution in [2.24, 2.45) is 11.8 Å². The summed E-state index contributed by atoms with van der Waals surface area (Å²) < 4.78 is 5.65. The summed E-state index contributed by atoms with van der Waals surface area (Å²) in [5.41, 5.74) is 6.94. The van der Waals surface area contributed by atoms with Gasteiger partial charge in [-0.2, -0.15) is 0 Å². The van der Waals surface area contributed by atoms with Gasteiger partial charge in [-0.1, -0.05) is 61.4 Å². The number of carbonyl (C=O) groups is 3. The summed E-state index contributed by atoms with van der Waals surface area (Å²) in [5.74, 6) is -2.08. The summed E-state index contributed by atoms with van der Waals surface area (Å²) in [4.78, 5) is 42.1. The lowest BCUT2D eigenvalue weighted by molar-refractivity contribution is -0.164. The molecule has 0 bridgehead atoms. The van der Waals surface area contributed by atoms with Gasteiger partial charge in [-0.25, -0.2) is 15.1 Å². The van der Waals surface area contributed by atoms with E-state index in [0.29, 0.717) is 12.8 Å². The molecule has 2 aromatic carbocycles. The maximum Gasteiger partial charge on any atom is 0.407 e. The first-order valence-corrected chi connectivity index (χ1v) is 12.3. The first-order valence-electron chi connectivity index (χ1n) is 12.3. The van der Waals surface area contributed by atoms with Crippen LogP contribution in [0.15, 0.2) is 48.5 Å². The molecule has 3 atom stereocenters. The minimum atomic E-state index is -1.08. The van der Waals surface area contributed by atoms with Crippen molar-refractivity contribution in [1.82, 2.24) is 10.8 Å². The van der Waals surface area contributed by atoms with E-state index in [1.54, 1.807) is 0 Å². The van der Waals surface area contributed by atoms with Crippen molar-refractivity contribution in [3.8, 4) is 11.1 Å². The average Bonchev–Trinajstić information content (AvgIpc) is 3.65. The smallest absolute Gasteiger partial charge is 0.407 e. The molecular weight excluding hydrogens is 448 g/mol.